The van der Waals surface area contributed by atoms with Crippen LogP contribution in [0.4, 0.5) is 5.95 Å². The van der Waals surface area contributed by atoms with Gasteiger partial charge in [0.15, 0.2) is 17.6 Å². The number of amidine groups is 1. The molecule has 13 heteroatoms. The number of hydrogen-bond donors (Lipinski definition) is 5. The molecule has 0 aromatic carbocycles. The number of nitrogens with zero attached hydrogens (tertiary/aromatic N) is 8. The van der Waals surface area contributed by atoms with Crippen LogP contribution in [0.5, 0.6) is 0 Å². The highest BCUT2D eigenvalue weighted by Gasteiger charge is 2.14. The summed E-state index contributed by atoms with van der Waals surface area (Å²) in [7, 11) is 3.21. The van der Waals surface area contributed by atoms with E-state index in [0.717, 1.165) is 0 Å². The third-order valence-corrected chi connectivity index (χ3v) is 3.21. The first-order valence-electron chi connectivity index (χ1n) is 8.12. The highest BCUT2D eigenvalue weighted by atomic mass is 16.3. The maximum Gasteiger partial charge on any atom is 0.263 e. The number of aliphatic imine (C=N–C) groups is 2. The molecule has 2 rings (SSSR count). The van der Waals surface area contributed by atoms with Crippen LogP contribution in [0.15, 0.2) is 52.3 Å². The Bertz CT molecular complexity index is 870. The lowest BCUT2D eigenvalue weighted by molar-refractivity contribution is 0.307. The van der Waals surface area contributed by atoms with Gasteiger partial charge in [0, 0.05) is 26.5 Å². The predicted octanol–water partition coefficient (Wildman–Crippen LogP) is -1.52. The SMILES string of the molecule is C=C(NC)C(=NNc1ncn(-c2cnccn2)n1)C(=NCCO)NC(N)=NC. The summed E-state index contributed by atoms with van der Waals surface area (Å²) in [6.45, 7) is 3.88. The molecule has 0 bridgehead atoms. The Labute approximate surface area is 161 Å². The van der Waals surface area contributed by atoms with E-state index in [1.54, 1.807) is 25.6 Å². The normalized spacial score (nSPS) is 12.6. The van der Waals surface area contributed by atoms with Crippen molar-refractivity contribution in [3.8, 4) is 5.82 Å². The molecule has 0 saturated heterocycles. The molecule has 2 heterocycles. The van der Waals surface area contributed by atoms with Crippen molar-refractivity contribution in [1.29, 1.82) is 0 Å². The van der Waals surface area contributed by atoms with Crippen LogP contribution < -0.4 is 21.8 Å². The van der Waals surface area contributed by atoms with Gasteiger partial charge in [-0.15, -0.1) is 5.10 Å². The lowest BCUT2D eigenvalue weighted by Gasteiger charge is -2.13. The number of aliphatic hydroxyl groups excluding tert-OH is 1. The molecule has 0 atom stereocenters. The number of nitrogens with one attached hydrogen (secondary N) is 3. The lowest BCUT2D eigenvalue weighted by atomic mass is 10.2. The molecule has 0 radical (unpaired) electrons. The topological polar surface area (TPSA) is 176 Å². The third-order valence-electron chi connectivity index (χ3n) is 3.21. The number of hydrogen-bond acceptors (Lipinski definition) is 10. The van der Waals surface area contributed by atoms with Crippen molar-refractivity contribution in [2.24, 2.45) is 20.8 Å². The molecule has 0 fully saturated rings. The maximum atomic E-state index is 9.08. The Kier molecular flexibility index (Phi) is 7.53. The first kappa shape index (κ1) is 20.4. The van der Waals surface area contributed by atoms with Gasteiger partial charge in [0.05, 0.1) is 25.0 Å². The molecule has 0 unspecified atom stereocenters. The zero-order valence-corrected chi connectivity index (χ0v) is 15.5. The molecule has 28 heavy (non-hydrogen) atoms. The number of rotatable bonds is 8. The Balaban J connectivity index is 2.28. The Morgan fingerprint density at radius 3 is 2.82 bits per heavy atom. The second kappa shape index (κ2) is 10.3. The van der Waals surface area contributed by atoms with Crippen LogP contribution in [0, 0.1) is 0 Å². The minimum atomic E-state index is -0.148. The van der Waals surface area contributed by atoms with E-state index in [0.29, 0.717) is 17.2 Å². The quantitative estimate of drug-likeness (QED) is 0.205. The van der Waals surface area contributed by atoms with Gasteiger partial charge in [-0.05, 0) is 0 Å². The van der Waals surface area contributed by atoms with E-state index >= 15 is 0 Å². The van der Waals surface area contributed by atoms with Crippen molar-refractivity contribution in [2.75, 3.05) is 32.7 Å². The number of hydrazone groups is 1. The second-order valence-corrected chi connectivity index (χ2v) is 5.06. The van der Waals surface area contributed by atoms with Gasteiger partial charge in [-0.3, -0.25) is 15.0 Å². The van der Waals surface area contributed by atoms with Crippen LogP contribution in [-0.4, -0.2) is 74.6 Å². The average Bonchev–Trinajstić information content (AvgIpc) is 3.21. The summed E-state index contributed by atoms with van der Waals surface area (Å²) < 4.78 is 1.44. The fourth-order valence-corrected chi connectivity index (χ4v) is 1.83. The van der Waals surface area contributed by atoms with Crippen LogP contribution in [0.25, 0.3) is 5.82 Å². The molecule has 0 saturated carbocycles. The molecular weight excluding hydrogens is 364 g/mol. The minimum Gasteiger partial charge on any atom is -0.394 e. The first-order valence-corrected chi connectivity index (χ1v) is 8.12. The zero-order chi connectivity index (χ0) is 20.4. The van der Waals surface area contributed by atoms with Gasteiger partial charge < -0.3 is 21.5 Å². The number of nitrogens with two attached hydrogens (primary N) is 1. The fourth-order valence-electron chi connectivity index (χ4n) is 1.83. The van der Waals surface area contributed by atoms with E-state index in [1.165, 1.54) is 18.1 Å². The number of aromatic nitrogens is 5. The smallest absolute Gasteiger partial charge is 0.263 e. The number of aliphatic hydroxyl groups is 1. The highest BCUT2D eigenvalue weighted by Crippen LogP contribution is 2.04. The summed E-state index contributed by atoms with van der Waals surface area (Å²) in [6, 6.07) is 0. The van der Waals surface area contributed by atoms with E-state index in [1.807, 2.05) is 0 Å². The van der Waals surface area contributed by atoms with Crippen molar-refractivity contribution in [1.82, 2.24) is 35.4 Å². The molecule has 13 nitrogen and oxygen atoms in total. The molecule has 2 aromatic heterocycles. The molecule has 148 valence electrons. The van der Waals surface area contributed by atoms with Crippen molar-refractivity contribution in [2.45, 2.75) is 0 Å². The molecule has 0 aliphatic rings. The first-order chi connectivity index (χ1) is 13.6. The zero-order valence-electron chi connectivity index (χ0n) is 15.5. The van der Waals surface area contributed by atoms with E-state index < -0.39 is 0 Å². The summed E-state index contributed by atoms with van der Waals surface area (Å²) in [6.07, 6.45) is 6.12. The van der Waals surface area contributed by atoms with E-state index in [9.17, 15) is 0 Å². The highest BCUT2D eigenvalue weighted by molar-refractivity contribution is 6.49. The largest absolute Gasteiger partial charge is 0.394 e. The van der Waals surface area contributed by atoms with Gasteiger partial charge in [0.1, 0.15) is 12.0 Å². The van der Waals surface area contributed by atoms with Gasteiger partial charge in [-0.1, -0.05) is 6.58 Å². The fraction of sp³-hybridized carbons (Fsp3) is 0.267. The van der Waals surface area contributed by atoms with Crippen molar-refractivity contribution in [3.63, 3.8) is 0 Å². The molecule has 0 amide bonds. The van der Waals surface area contributed by atoms with Crippen molar-refractivity contribution < 1.29 is 5.11 Å². The lowest BCUT2D eigenvalue weighted by Crippen LogP contribution is -2.43. The number of guanidine groups is 1. The summed E-state index contributed by atoms with van der Waals surface area (Å²) >= 11 is 0. The summed E-state index contributed by atoms with van der Waals surface area (Å²) in [5, 5.41) is 23.3. The van der Waals surface area contributed by atoms with Gasteiger partial charge in [0.2, 0.25) is 0 Å². The van der Waals surface area contributed by atoms with Gasteiger partial charge in [-0.2, -0.15) is 14.8 Å². The molecule has 0 spiro atoms. The predicted molar refractivity (Wildman–Crippen MR) is 106 cm³/mol. The van der Waals surface area contributed by atoms with E-state index in [2.05, 4.69) is 57.8 Å². The molecule has 6 N–H and O–H groups in total. The van der Waals surface area contributed by atoms with Gasteiger partial charge >= 0.3 is 0 Å². The molecular formula is C15H22N12O. The molecule has 0 aliphatic carbocycles. The van der Waals surface area contributed by atoms with Crippen LogP contribution in [0.1, 0.15) is 0 Å². The third kappa shape index (κ3) is 5.57. The standard InChI is InChI=1S/C15H22N12O/c1-10(17-2)12(13(21-6-7-28)23-14(16)18-3)24-25-15-22-9-27(26-15)11-8-19-4-5-20-11/h4-5,8-9,17,28H,1,6-7H2,2-3H3,(H,25,26)(H3,16,18,21,23). The Hall–Kier alpha value is -3.87. The Morgan fingerprint density at radius 1 is 1.36 bits per heavy atom. The van der Waals surface area contributed by atoms with Crippen LogP contribution in [0.3, 0.4) is 0 Å². The van der Waals surface area contributed by atoms with E-state index in [-0.39, 0.29) is 30.9 Å². The van der Waals surface area contributed by atoms with Crippen molar-refractivity contribution in [3.05, 3.63) is 37.2 Å². The summed E-state index contributed by atoms with van der Waals surface area (Å²) in [4.78, 5) is 20.3. The average molecular weight is 386 g/mol. The van der Waals surface area contributed by atoms with Crippen molar-refractivity contribution >= 4 is 23.5 Å². The Morgan fingerprint density at radius 2 is 2.18 bits per heavy atom. The second-order valence-electron chi connectivity index (χ2n) is 5.06. The minimum absolute atomic E-state index is 0.123. The van der Waals surface area contributed by atoms with Crippen LogP contribution >= 0.6 is 0 Å². The maximum absolute atomic E-state index is 9.08. The molecule has 2 aromatic rings. The van der Waals surface area contributed by atoms with Crippen LogP contribution in [-0.2, 0) is 0 Å². The van der Waals surface area contributed by atoms with Crippen LogP contribution in [0.2, 0.25) is 0 Å². The number of anilines is 1. The van der Waals surface area contributed by atoms with Gasteiger partial charge in [0.25, 0.3) is 5.95 Å². The van der Waals surface area contributed by atoms with E-state index in [4.69, 9.17) is 10.8 Å². The molecule has 0 aliphatic heterocycles. The van der Waals surface area contributed by atoms with Gasteiger partial charge in [-0.25, -0.2) is 10.4 Å². The monoisotopic (exact) mass is 386 g/mol. The summed E-state index contributed by atoms with van der Waals surface area (Å²) in [5.74, 6) is 1.10. The summed E-state index contributed by atoms with van der Waals surface area (Å²) in [5.41, 5.74) is 9.20.